The summed E-state index contributed by atoms with van der Waals surface area (Å²) in [5, 5.41) is 2.86. The fourth-order valence-electron chi connectivity index (χ4n) is 1.62. The maximum atomic E-state index is 11.5. The minimum Gasteiger partial charge on any atom is -0.350 e. The van der Waals surface area contributed by atoms with Crippen LogP contribution in [0.5, 0.6) is 0 Å². The third-order valence-corrected chi connectivity index (χ3v) is 2.75. The first kappa shape index (κ1) is 15.2. The first-order chi connectivity index (χ1) is 7.04. The van der Waals surface area contributed by atoms with Gasteiger partial charge in [0.05, 0.1) is 6.04 Å². The fraction of sp³-hybridized carbons (Fsp3) is 0.800. The van der Waals surface area contributed by atoms with Gasteiger partial charge in [-0.15, -0.1) is 12.4 Å². The van der Waals surface area contributed by atoms with E-state index in [0.717, 1.165) is 0 Å². The second kappa shape index (κ2) is 6.70. The van der Waals surface area contributed by atoms with E-state index in [1.807, 2.05) is 6.92 Å². The van der Waals surface area contributed by atoms with E-state index in [1.54, 1.807) is 11.9 Å². The van der Waals surface area contributed by atoms with E-state index in [-0.39, 0.29) is 30.3 Å². The number of amides is 2. The van der Waals surface area contributed by atoms with Crippen LogP contribution in [-0.4, -0.2) is 42.4 Å². The molecule has 1 aliphatic rings. The molecule has 3 N–H and O–H groups in total. The maximum absolute atomic E-state index is 11.5. The molecule has 0 bridgehead atoms. The van der Waals surface area contributed by atoms with Crippen molar-refractivity contribution >= 4 is 24.2 Å². The zero-order valence-electron chi connectivity index (χ0n) is 9.73. The summed E-state index contributed by atoms with van der Waals surface area (Å²) >= 11 is 0. The highest BCUT2D eigenvalue weighted by molar-refractivity contribution is 5.85. The lowest BCUT2D eigenvalue weighted by molar-refractivity contribution is -0.134. The summed E-state index contributed by atoms with van der Waals surface area (Å²) in [6, 6.07) is -0.384. The molecule has 0 aliphatic carbocycles. The van der Waals surface area contributed by atoms with Crippen LogP contribution in [0.1, 0.15) is 26.2 Å². The first-order valence-electron chi connectivity index (χ1n) is 5.34. The smallest absolute Gasteiger partial charge is 0.237 e. The largest absolute Gasteiger partial charge is 0.350 e. The van der Waals surface area contributed by atoms with E-state index < -0.39 is 6.04 Å². The molecule has 2 atom stereocenters. The third-order valence-electron chi connectivity index (χ3n) is 2.75. The van der Waals surface area contributed by atoms with Crippen LogP contribution in [0.4, 0.5) is 0 Å². The molecule has 1 fully saturated rings. The minimum atomic E-state index is -0.437. The molecule has 0 aromatic heterocycles. The van der Waals surface area contributed by atoms with E-state index in [0.29, 0.717) is 25.8 Å². The number of likely N-dealkylation sites (N-methyl/N-ethyl adjacent to an activating group) is 1. The lowest BCUT2D eigenvalue weighted by atomic mass is 10.1. The van der Waals surface area contributed by atoms with Crippen molar-refractivity contribution in [3.05, 3.63) is 0 Å². The van der Waals surface area contributed by atoms with Gasteiger partial charge in [0.25, 0.3) is 0 Å². The highest BCUT2D eigenvalue weighted by Crippen LogP contribution is 2.09. The number of nitrogens with two attached hydrogens (primary N) is 1. The molecule has 1 unspecified atom stereocenters. The Bertz CT molecular complexity index is 260. The molecule has 0 aromatic rings. The highest BCUT2D eigenvalue weighted by atomic mass is 35.5. The second-order valence-electron chi connectivity index (χ2n) is 4.03. The average molecular weight is 250 g/mol. The highest BCUT2D eigenvalue weighted by Gasteiger charge is 2.25. The fourth-order valence-corrected chi connectivity index (χ4v) is 1.62. The van der Waals surface area contributed by atoms with Gasteiger partial charge in [0.15, 0.2) is 0 Å². The molecule has 5 nitrogen and oxygen atoms in total. The van der Waals surface area contributed by atoms with E-state index in [2.05, 4.69) is 5.32 Å². The Kier molecular flexibility index (Phi) is 6.36. The van der Waals surface area contributed by atoms with Crippen molar-refractivity contribution in [3.8, 4) is 0 Å². The normalized spacial score (nSPS) is 22.3. The van der Waals surface area contributed by atoms with Crippen LogP contribution >= 0.6 is 12.4 Å². The van der Waals surface area contributed by atoms with Gasteiger partial charge in [-0.3, -0.25) is 9.59 Å². The van der Waals surface area contributed by atoms with Crippen molar-refractivity contribution in [2.75, 3.05) is 13.6 Å². The van der Waals surface area contributed by atoms with E-state index in [1.165, 1.54) is 0 Å². The van der Waals surface area contributed by atoms with Gasteiger partial charge < -0.3 is 16.0 Å². The van der Waals surface area contributed by atoms with E-state index in [9.17, 15) is 9.59 Å². The second-order valence-corrected chi connectivity index (χ2v) is 4.03. The molecule has 94 valence electrons. The molecule has 0 spiro atoms. The number of piperidine rings is 1. The van der Waals surface area contributed by atoms with E-state index >= 15 is 0 Å². The molecule has 0 aromatic carbocycles. The van der Waals surface area contributed by atoms with Gasteiger partial charge in [0.1, 0.15) is 0 Å². The van der Waals surface area contributed by atoms with Crippen molar-refractivity contribution in [1.29, 1.82) is 0 Å². The first-order valence-corrected chi connectivity index (χ1v) is 5.34. The van der Waals surface area contributed by atoms with Crippen LogP contribution < -0.4 is 11.1 Å². The van der Waals surface area contributed by atoms with Crippen molar-refractivity contribution in [2.24, 2.45) is 5.73 Å². The van der Waals surface area contributed by atoms with Gasteiger partial charge in [-0.05, 0) is 12.8 Å². The Morgan fingerprint density at radius 3 is 2.81 bits per heavy atom. The van der Waals surface area contributed by atoms with Crippen LogP contribution in [0.25, 0.3) is 0 Å². The number of carbonyl (C=O) groups is 2. The summed E-state index contributed by atoms with van der Waals surface area (Å²) in [6.45, 7) is 2.46. The summed E-state index contributed by atoms with van der Waals surface area (Å²) in [5.41, 5.74) is 5.60. The zero-order valence-corrected chi connectivity index (χ0v) is 10.5. The van der Waals surface area contributed by atoms with Gasteiger partial charge in [0.2, 0.25) is 11.8 Å². The molecule has 0 saturated carbocycles. The molecule has 1 heterocycles. The Balaban J connectivity index is 0.00000225. The predicted octanol–water partition coefficient (Wildman–Crippen LogP) is -0.118. The molecular weight excluding hydrogens is 230 g/mol. The van der Waals surface area contributed by atoms with Gasteiger partial charge in [-0.2, -0.15) is 0 Å². The molecule has 6 heteroatoms. The number of nitrogens with zero attached hydrogens (tertiary/aromatic N) is 1. The van der Waals surface area contributed by atoms with Crippen LogP contribution in [0.15, 0.2) is 0 Å². The summed E-state index contributed by atoms with van der Waals surface area (Å²) in [4.78, 5) is 24.3. The van der Waals surface area contributed by atoms with Crippen molar-refractivity contribution in [3.63, 3.8) is 0 Å². The van der Waals surface area contributed by atoms with Gasteiger partial charge in [0, 0.05) is 26.1 Å². The SMILES string of the molecule is CC[C@H](N)C(=O)NC1CCC(=O)N(C)C1.Cl. The summed E-state index contributed by atoms with van der Waals surface area (Å²) in [7, 11) is 1.75. The standard InChI is InChI=1S/C10H19N3O2.ClH/c1-3-8(11)10(15)12-7-4-5-9(14)13(2)6-7;/h7-8H,3-6,11H2,1-2H3,(H,12,15);1H/t7?,8-;/m0./s1. The minimum absolute atomic E-state index is 0. The third kappa shape index (κ3) is 3.98. The van der Waals surface area contributed by atoms with Gasteiger partial charge in [-0.25, -0.2) is 0 Å². The summed E-state index contributed by atoms with van der Waals surface area (Å²) in [6.07, 6.45) is 1.85. The molecule has 1 aliphatic heterocycles. The van der Waals surface area contributed by atoms with Gasteiger partial charge >= 0.3 is 0 Å². The topological polar surface area (TPSA) is 75.4 Å². The van der Waals surface area contributed by atoms with Crippen LogP contribution in [0.3, 0.4) is 0 Å². The zero-order chi connectivity index (χ0) is 11.4. The number of likely N-dealkylation sites (tertiary alicyclic amines) is 1. The number of hydrogen-bond acceptors (Lipinski definition) is 3. The average Bonchev–Trinajstić information content (AvgIpc) is 2.22. The van der Waals surface area contributed by atoms with Crippen LogP contribution in [0.2, 0.25) is 0 Å². The lowest BCUT2D eigenvalue weighted by Crippen LogP contribution is -2.52. The van der Waals surface area contributed by atoms with Crippen molar-refractivity contribution in [1.82, 2.24) is 10.2 Å². The van der Waals surface area contributed by atoms with E-state index in [4.69, 9.17) is 5.73 Å². The molecule has 16 heavy (non-hydrogen) atoms. The number of halogens is 1. The number of hydrogen-bond donors (Lipinski definition) is 2. The maximum Gasteiger partial charge on any atom is 0.237 e. The lowest BCUT2D eigenvalue weighted by Gasteiger charge is -2.30. The molecule has 0 radical (unpaired) electrons. The quantitative estimate of drug-likeness (QED) is 0.733. The molecule has 1 rings (SSSR count). The number of nitrogens with one attached hydrogen (secondary N) is 1. The monoisotopic (exact) mass is 249 g/mol. The van der Waals surface area contributed by atoms with Crippen LogP contribution in [-0.2, 0) is 9.59 Å². The molecular formula is C10H20ClN3O2. The Labute approximate surface area is 102 Å². The van der Waals surface area contributed by atoms with Crippen molar-refractivity contribution < 1.29 is 9.59 Å². The summed E-state index contributed by atoms with van der Waals surface area (Å²) < 4.78 is 0. The molecule has 1 saturated heterocycles. The Morgan fingerprint density at radius 2 is 2.31 bits per heavy atom. The van der Waals surface area contributed by atoms with Crippen LogP contribution in [0, 0.1) is 0 Å². The van der Waals surface area contributed by atoms with Crippen molar-refractivity contribution in [2.45, 2.75) is 38.3 Å². The predicted molar refractivity (Wildman–Crippen MR) is 64.3 cm³/mol. The number of rotatable bonds is 3. The van der Waals surface area contributed by atoms with Gasteiger partial charge in [-0.1, -0.05) is 6.92 Å². The summed E-state index contributed by atoms with van der Waals surface area (Å²) in [5.74, 6) is 0.0190. The Morgan fingerprint density at radius 1 is 1.69 bits per heavy atom. The number of carbonyl (C=O) groups excluding carboxylic acids is 2. The Hall–Kier alpha value is -0.810. The molecule has 2 amide bonds.